The molecule has 0 aromatic rings. The van der Waals surface area contributed by atoms with Gasteiger partial charge in [0.05, 0.1) is 13.2 Å². The number of amides is 2. The SMILES string of the molecule is CCCCCCCCCCCCCCCCCC(=O)NC1[C@H](O[C@H]2C(CO)OC(O)C(NC(C)=O)[C@H]2OCC)OC(CO)[C@H](O)[C@@H]1O. The van der Waals surface area contributed by atoms with Gasteiger partial charge in [0.1, 0.15) is 48.7 Å². The van der Waals surface area contributed by atoms with E-state index in [1.165, 1.54) is 77.6 Å². The molecule has 47 heavy (non-hydrogen) atoms. The molecule has 0 aromatic carbocycles. The Balaban J connectivity index is 1.86. The lowest BCUT2D eigenvalue weighted by Gasteiger charge is -2.48. The van der Waals surface area contributed by atoms with Crippen LogP contribution in [0.5, 0.6) is 0 Å². The second-order valence-electron chi connectivity index (χ2n) is 13.0. The van der Waals surface area contributed by atoms with E-state index in [0.717, 1.165) is 19.3 Å². The lowest BCUT2D eigenvalue weighted by atomic mass is 9.94. The van der Waals surface area contributed by atoms with Crippen LogP contribution in [0.3, 0.4) is 0 Å². The van der Waals surface area contributed by atoms with Crippen LogP contribution in [0, 0.1) is 0 Å². The van der Waals surface area contributed by atoms with E-state index >= 15 is 0 Å². The number of carbonyl (C=O) groups is 2. The Hall–Kier alpha value is -1.42. The Morgan fingerprint density at radius 2 is 1.19 bits per heavy atom. The molecule has 13 nitrogen and oxygen atoms in total. The van der Waals surface area contributed by atoms with Crippen molar-refractivity contribution < 1.29 is 54.1 Å². The summed E-state index contributed by atoms with van der Waals surface area (Å²) in [5, 5.41) is 57.1. The Bertz CT molecular complexity index is 853. The summed E-state index contributed by atoms with van der Waals surface area (Å²) in [6, 6.07) is -2.30. The molecule has 7 N–H and O–H groups in total. The Labute approximate surface area is 281 Å². The zero-order valence-corrected chi connectivity index (χ0v) is 28.9. The molecule has 2 rings (SSSR count). The molecular weight excluding hydrogens is 612 g/mol. The second-order valence-corrected chi connectivity index (χ2v) is 13.0. The molecule has 2 aliphatic heterocycles. The highest BCUT2D eigenvalue weighted by Gasteiger charge is 2.52. The molecule has 13 heteroatoms. The van der Waals surface area contributed by atoms with Crippen molar-refractivity contribution in [3.8, 4) is 0 Å². The predicted molar refractivity (Wildman–Crippen MR) is 175 cm³/mol. The van der Waals surface area contributed by atoms with Crippen molar-refractivity contribution in [2.45, 2.75) is 185 Å². The maximum atomic E-state index is 13.0. The fourth-order valence-electron chi connectivity index (χ4n) is 6.43. The third-order valence-corrected chi connectivity index (χ3v) is 9.08. The minimum absolute atomic E-state index is 0.164. The summed E-state index contributed by atoms with van der Waals surface area (Å²) in [5.74, 6) is -0.817. The average molecular weight is 677 g/mol. The van der Waals surface area contributed by atoms with Crippen LogP contribution in [0.25, 0.3) is 0 Å². The van der Waals surface area contributed by atoms with Crippen LogP contribution in [0.1, 0.15) is 124 Å². The van der Waals surface area contributed by atoms with Crippen molar-refractivity contribution in [1.29, 1.82) is 0 Å². The van der Waals surface area contributed by atoms with Gasteiger partial charge in [-0.15, -0.1) is 0 Å². The normalized spacial score (nSPS) is 31.1. The lowest BCUT2D eigenvalue weighted by Crippen LogP contribution is -2.69. The van der Waals surface area contributed by atoms with E-state index in [1.807, 2.05) is 0 Å². The van der Waals surface area contributed by atoms with Gasteiger partial charge in [-0.1, -0.05) is 96.8 Å². The Morgan fingerprint density at radius 3 is 1.68 bits per heavy atom. The highest BCUT2D eigenvalue weighted by atomic mass is 16.7. The van der Waals surface area contributed by atoms with Crippen LogP contribution in [-0.4, -0.2) is 118 Å². The Kier molecular flexibility index (Phi) is 21.2. The fourth-order valence-corrected chi connectivity index (χ4v) is 6.43. The van der Waals surface area contributed by atoms with Gasteiger partial charge in [-0.25, -0.2) is 0 Å². The summed E-state index contributed by atoms with van der Waals surface area (Å²) >= 11 is 0. The molecule has 0 spiro atoms. The first-order valence-electron chi connectivity index (χ1n) is 18.1. The van der Waals surface area contributed by atoms with E-state index in [2.05, 4.69) is 17.6 Å². The number of hydrogen-bond donors (Lipinski definition) is 7. The maximum absolute atomic E-state index is 13.0. The van der Waals surface area contributed by atoms with E-state index in [4.69, 9.17) is 18.9 Å². The first-order chi connectivity index (χ1) is 22.7. The van der Waals surface area contributed by atoms with Gasteiger partial charge in [-0.2, -0.15) is 0 Å². The standard InChI is InChI=1S/C34H64N2O11/c1-4-6-7-8-9-10-11-12-13-14-15-16-17-18-19-20-26(40)36-27-30(42)29(41)24(21-37)46-34(27)47-31-25(22-38)45-33(43)28(35-23(3)39)32(31)44-5-2/h24-25,27-34,37-38,41-43H,4-22H2,1-3H3,(H,35,39)(H,36,40)/t24?,25?,27?,28?,29-,30+,31-,32+,33?,34-/m0/s1. The number of hydrogen-bond acceptors (Lipinski definition) is 11. The van der Waals surface area contributed by atoms with Gasteiger partial charge in [0, 0.05) is 20.0 Å². The van der Waals surface area contributed by atoms with Gasteiger partial charge < -0.3 is 55.1 Å². The van der Waals surface area contributed by atoms with Gasteiger partial charge >= 0.3 is 0 Å². The number of unbranched alkanes of at least 4 members (excludes halogenated alkanes) is 14. The van der Waals surface area contributed by atoms with Gasteiger partial charge in [0.2, 0.25) is 11.8 Å². The van der Waals surface area contributed by atoms with E-state index < -0.39 is 80.4 Å². The van der Waals surface area contributed by atoms with E-state index in [9.17, 15) is 35.1 Å². The van der Waals surface area contributed by atoms with E-state index in [0.29, 0.717) is 6.42 Å². The van der Waals surface area contributed by atoms with Crippen molar-refractivity contribution >= 4 is 11.8 Å². The van der Waals surface area contributed by atoms with Crippen LogP contribution >= 0.6 is 0 Å². The first kappa shape index (κ1) is 41.7. The minimum atomic E-state index is -1.55. The Morgan fingerprint density at radius 1 is 0.660 bits per heavy atom. The third-order valence-electron chi connectivity index (χ3n) is 9.08. The van der Waals surface area contributed by atoms with Crippen molar-refractivity contribution in [3.63, 3.8) is 0 Å². The molecule has 276 valence electrons. The van der Waals surface area contributed by atoms with Gasteiger partial charge in [0.25, 0.3) is 0 Å². The molecule has 0 radical (unpaired) electrons. The average Bonchev–Trinajstić information content (AvgIpc) is 3.04. The van der Waals surface area contributed by atoms with Gasteiger partial charge in [-0.05, 0) is 13.3 Å². The zero-order chi connectivity index (χ0) is 34.6. The quantitative estimate of drug-likeness (QED) is 0.0741. The number of ether oxygens (including phenoxy) is 4. The van der Waals surface area contributed by atoms with Crippen LogP contribution < -0.4 is 10.6 Å². The van der Waals surface area contributed by atoms with Gasteiger partial charge in [0.15, 0.2) is 12.6 Å². The largest absolute Gasteiger partial charge is 0.394 e. The molecule has 0 aromatic heterocycles. The summed E-state index contributed by atoms with van der Waals surface area (Å²) in [7, 11) is 0. The zero-order valence-electron chi connectivity index (χ0n) is 28.9. The van der Waals surface area contributed by atoms with Crippen LogP contribution in [0.4, 0.5) is 0 Å². The smallest absolute Gasteiger partial charge is 0.220 e. The molecule has 2 saturated heterocycles. The molecule has 0 aliphatic carbocycles. The summed E-state index contributed by atoms with van der Waals surface area (Å²) in [4.78, 5) is 24.8. The third kappa shape index (κ3) is 14.5. The van der Waals surface area contributed by atoms with Crippen LogP contribution in [0.2, 0.25) is 0 Å². The molecular formula is C34H64N2O11. The van der Waals surface area contributed by atoms with E-state index in [-0.39, 0.29) is 18.9 Å². The molecule has 2 aliphatic rings. The van der Waals surface area contributed by atoms with Crippen molar-refractivity contribution in [2.24, 2.45) is 0 Å². The van der Waals surface area contributed by atoms with Crippen LogP contribution in [0.15, 0.2) is 0 Å². The number of rotatable bonds is 24. The molecule has 5 unspecified atom stereocenters. The molecule has 2 amide bonds. The van der Waals surface area contributed by atoms with Crippen molar-refractivity contribution in [2.75, 3.05) is 19.8 Å². The minimum Gasteiger partial charge on any atom is -0.394 e. The summed E-state index contributed by atoms with van der Waals surface area (Å²) < 4.78 is 23.3. The highest BCUT2D eigenvalue weighted by Crippen LogP contribution is 2.30. The van der Waals surface area contributed by atoms with Gasteiger partial charge in [-0.3, -0.25) is 9.59 Å². The molecule has 2 heterocycles. The second kappa shape index (κ2) is 23.9. The molecule has 2 fully saturated rings. The number of aliphatic hydroxyl groups is 5. The van der Waals surface area contributed by atoms with E-state index in [1.54, 1.807) is 6.92 Å². The number of aliphatic hydroxyl groups excluding tert-OH is 5. The first-order valence-corrected chi connectivity index (χ1v) is 18.1. The predicted octanol–water partition coefficient (Wildman–Crippen LogP) is 2.18. The summed E-state index contributed by atoms with van der Waals surface area (Å²) in [6.07, 6.45) is 7.89. The van der Waals surface area contributed by atoms with Crippen molar-refractivity contribution in [3.05, 3.63) is 0 Å². The van der Waals surface area contributed by atoms with Crippen LogP contribution in [-0.2, 0) is 28.5 Å². The molecule has 0 saturated carbocycles. The number of nitrogens with one attached hydrogen (secondary N) is 2. The summed E-state index contributed by atoms with van der Waals surface area (Å²) in [5.41, 5.74) is 0. The molecule has 0 bridgehead atoms. The lowest BCUT2D eigenvalue weighted by molar-refractivity contribution is -0.331. The fraction of sp³-hybridized carbons (Fsp3) is 0.941. The maximum Gasteiger partial charge on any atom is 0.220 e. The van der Waals surface area contributed by atoms with Crippen molar-refractivity contribution in [1.82, 2.24) is 10.6 Å². The number of carbonyl (C=O) groups excluding carboxylic acids is 2. The summed E-state index contributed by atoms with van der Waals surface area (Å²) in [6.45, 7) is 4.16. The molecule has 10 atom stereocenters. The highest BCUT2D eigenvalue weighted by molar-refractivity contribution is 5.76. The topological polar surface area (TPSA) is 196 Å². The monoisotopic (exact) mass is 676 g/mol.